The monoisotopic (exact) mass is 185 g/mol. The van der Waals surface area contributed by atoms with Crippen molar-refractivity contribution in [2.75, 3.05) is 0 Å². The molecule has 0 spiro atoms. The summed E-state index contributed by atoms with van der Waals surface area (Å²) in [4.78, 5) is 0. The average Bonchev–Trinajstić information content (AvgIpc) is 0.722. The van der Waals surface area contributed by atoms with E-state index in [1.165, 1.54) is 0 Å². The fourth-order valence-corrected chi connectivity index (χ4v) is 0. The molecule has 0 aliphatic heterocycles. The molecule has 51 valence electrons. The molecule has 0 atom stereocenters. The van der Waals surface area contributed by atoms with E-state index in [2.05, 4.69) is 0 Å². The molecule has 0 saturated heterocycles. The summed E-state index contributed by atoms with van der Waals surface area (Å²) < 4.78 is 31.6. The summed E-state index contributed by atoms with van der Waals surface area (Å²) in [5, 5.41) is 0. The van der Waals surface area contributed by atoms with Crippen LogP contribution in [-0.4, -0.2) is 17.5 Å². The first-order chi connectivity index (χ1) is 2.00. The first-order valence-electron chi connectivity index (χ1n) is 0.698. The van der Waals surface area contributed by atoms with Crippen LogP contribution < -0.4 is 0 Å². The molecule has 0 aliphatic carbocycles. The van der Waals surface area contributed by atoms with Gasteiger partial charge in [0.05, 0.1) is 0 Å². The van der Waals surface area contributed by atoms with Gasteiger partial charge in [0.15, 0.2) is 0 Å². The van der Waals surface area contributed by atoms with E-state index in [-0.39, 0.29) is 28.0 Å². The standard InChI is InChI=1S/Mn.H2O4S.2O/c;1-5(2,3)4;;/h;(H2,1,2,3,4);;/q+4;;2*-2. The zero-order valence-electron chi connectivity index (χ0n) is 3.31. The van der Waals surface area contributed by atoms with E-state index in [0.29, 0.717) is 0 Å². The van der Waals surface area contributed by atoms with Crippen LogP contribution >= 0.6 is 0 Å². The summed E-state index contributed by atoms with van der Waals surface area (Å²) >= 11 is 0. The summed E-state index contributed by atoms with van der Waals surface area (Å²) in [5.41, 5.74) is 0. The first-order valence-corrected chi connectivity index (χ1v) is 2.10. The van der Waals surface area contributed by atoms with E-state index in [4.69, 9.17) is 17.5 Å². The second-order valence-corrected chi connectivity index (χ2v) is 1.34. The largest absolute Gasteiger partial charge is 4.00 e. The van der Waals surface area contributed by atoms with Gasteiger partial charge in [-0.25, -0.2) is 0 Å². The van der Waals surface area contributed by atoms with E-state index in [1.807, 2.05) is 0 Å². The number of rotatable bonds is 0. The van der Waals surface area contributed by atoms with Gasteiger partial charge in [0.2, 0.25) is 0 Å². The van der Waals surface area contributed by atoms with E-state index in [1.54, 1.807) is 0 Å². The van der Waals surface area contributed by atoms with E-state index >= 15 is 0 Å². The second-order valence-electron chi connectivity index (χ2n) is 0.448. The normalized spacial score (nSPS) is 7.25. The van der Waals surface area contributed by atoms with E-state index in [9.17, 15) is 0 Å². The van der Waals surface area contributed by atoms with Crippen molar-refractivity contribution in [1.29, 1.82) is 0 Å². The van der Waals surface area contributed by atoms with Gasteiger partial charge in [-0.05, 0) is 0 Å². The Labute approximate surface area is 56.6 Å². The summed E-state index contributed by atoms with van der Waals surface area (Å²) in [6.45, 7) is 0. The van der Waals surface area contributed by atoms with Crippen molar-refractivity contribution in [3.63, 3.8) is 0 Å². The smallest absolute Gasteiger partial charge is 2.00 e. The summed E-state index contributed by atoms with van der Waals surface area (Å²) in [7, 11) is -4.67. The van der Waals surface area contributed by atoms with E-state index < -0.39 is 10.4 Å². The minimum Gasteiger partial charge on any atom is -2.00 e. The predicted molar refractivity (Wildman–Crippen MR) is 15.6 cm³/mol. The second kappa shape index (κ2) is 7.31. The van der Waals surface area contributed by atoms with Crippen LogP contribution in [0.5, 0.6) is 0 Å². The molecule has 0 aromatic carbocycles. The van der Waals surface area contributed by atoms with Crippen molar-refractivity contribution in [2.24, 2.45) is 0 Å². The molecule has 8 heteroatoms. The molecular formula is H2MnO6S. The van der Waals surface area contributed by atoms with Crippen LogP contribution in [0.4, 0.5) is 0 Å². The van der Waals surface area contributed by atoms with Crippen LogP contribution in [0.25, 0.3) is 0 Å². The summed E-state index contributed by atoms with van der Waals surface area (Å²) in [5.74, 6) is 0. The molecule has 0 amide bonds. The Kier molecular flexibility index (Phi) is 21.8. The van der Waals surface area contributed by atoms with Crippen molar-refractivity contribution in [3.05, 3.63) is 0 Å². The molecule has 0 unspecified atom stereocenters. The molecule has 6 nitrogen and oxygen atoms in total. The SMILES string of the molecule is O=S(=O)(O)O.[Mn+4].[O-2].[O-2]. The van der Waals surface area contributed by atoms with Crippen LogP contribution in [-0.2, 0) is 38.4 Å². The van der Waals surface area contributed by atoms with Gasteiger partial charge in [-0.2, -0.15) is 8.42 Å². The molecule has 1 radical (unpaired) electrons. The van der Waals surface area contributed by atoms with Gasteiger partial charge >= 0.3 is 27.5 Å². The number of hydrogen-bond donors (Lipinski definition) is 2. The maximum absolute atomic E-state index is 8.74. The van der Waals surface area contributed by atoms with Crippen molar-refractivity contribution in [3.8, 4) is 0 Å². The fraction of sp³-hybridized carbons (Fsp3) is 0. The molecule has 0 bridgehead atoms. The predicted octanol–water partition coefficient (Wildman–Crippen LogP) is -0.893. The molecular weight excluding hydrogens is 183 g/mol. The van der Waals surface area contributed by atoms with Gasteiger partial charge in [-0.1, -0.05) is 0 Å². The Morgan fingerprint density at radius 1 is 1.00 bits per heavy atom. The first kappa shape index (κ1) is 23.9. The zero-order valence-corrected chi connectivity index (χ0v) is 5.31. The van der Waals surface area contributed by atoms with Crippen molar-refractivity contribution in [1.82, 2.24) is 0 Å². The zero-order chi connectivity index (χ0) is 4.50. The van der Waals surface area contributed by atoms with Crippen LogP contribution in [0.15, 0.2) is 0 Å². The maximum Gasteiger partial charge on any atom is 4.00 e. The van der Waals surface area contributed by atoms with Gasteiger partial charge in [0.1, 0.15) is 0 Å². The maximum atomic E-state index is 8.74. The number of hydrogen-bond acceptors (Lipinski definition) is 2. The molecule has 0 aromatic heterocycles. The van der Waals surface area contributed by atoms with Crippen molar-refractivity contribution in [2.45, 2.75) is 0 Å². The van der Waals surface area contributed by atoms with Crippen LogP contribution in [0.3, 0.4) is 0 Å². The Morgan fingerprint density at radius 2 is 1.00 bits per heavy atom. The molecule has 0 saturated carbocycles. The Bertz CT molecular complexity index is 91.7. The van der Waals surface area contributed by atoms with Gasteiger partial charge < -0.3 is 11.0 Å². The summed E-state index contributed by atoms with van der Waals surface area (Å²) in [6.07, 6.45) is 0. The third-order valence-electron chi connectivity index (χ3n) is 0. The molecule has 0 fully saturated rings. The third-order valence-corrected chi connectivity index (χ3v) is 0. The average molecular weight is 185 g/mol. The minimum absolute atomic E-state index is 0. The van der Waals surface area contributed by atoms with Crippen LogP contribution in [0.1, 0.15) is 0 Å². The van der Waals surface area contributed by atoms with Crippen molar-refractivity contribution >= 4 is 10.4 Å². The quantitative estimate of drug-likeness (QED) is 0.374. The van der Waals surface area contributed by atoms with Gasteiger partial charge in [0.25, 0.3) is 0 Å². The summed E-state index contributed by atoms with van der Waals surface area (Å²) in [6, 6.07) is 0. The fourth-order valence-electron chi connectivity index (χ4n) is 0. The van der Waals surface area contributed by atoms with Crippen LogP contribution in [0, 0.1) is 0 Å². The third kappa shape index (κ3) is 1860. The molecule has 0 aliphatic rings. The minimum atomic E-state index is -4.67. The Hall–Kier alpha value is 0.309. The molecule has 0 heterocycles. The van der Waals surface area contributed by atoms with Crippen molar-refractivity contribution < 1.29 is 45.5 Å². The molecule has 2 N–H and O–H groups in total. The Balaban J connectivity index is -0.0000000267. The topological polar surface area (TPSA) is 132 Å². The van der Waals surface area contributed by atoms with E-state index in [0.717, 1.165) is 0 Å². The van der Waals surface area contributed by atoms with Gasteiger partial charge in [-0.15, -0.1) is 0 Å². The van der Waals surface area contributed by atoms with Gasteiger partial charge in [-0.3, -0.25) is 9.11 Å². The Morgan fingerprint density at radius 3 is 1.00 bits per heavy atom. The molecule has 0 rings (SSSR count). The molecule has 0 aromatic rings. The van der Waals surface area contributed by atoms with Crippen LogP contribution in [0.2, 0.25) is 0 Å². The molecule has 8 heavy (non-hydrogen) atoms. The van der Waals surface area contributed by atoms with Gasteiger partial charge in [0, 0.05) is 0 Å².